The fourth-order valence-electron chi connectivity index (χ4n) is 3.48. The fourth-order valence-corrected chi connectivity index (χ4v) is 3.48. The maximum absolute atomic E-state index is 14.5. The van der Waals surface area contributed by atoms with Crippen molar-refractivity contribution in [2.24, 2.45) is 0 Å². The van der Waals surface area contributed by atoms with Crippen molar-refractivity contribution in [1.29, 1.82) is 0 Å². The number of hydrogen-bond acceptors (Lipinski definition) is 3. The van der Waals surface area contributed by atoms with E-state index in [4.69, 9.17) is 9.47 Å². The number of hydrogen-bond donors (Lipinski definition) is 0. The van der Waals surface area contributed by atoms with Crippen LogP contribution in [0.4, 0.5) is 30.7 Å². The number of carbonyl (C=O) groups excluding carboxylic acids is 1. The molecule has 0 aliphatic rings. The molecule has 10 heteroatoms. The SMILES string of the molecule is CCCCCCCCOc1c(F)c(F)c(C#Cc2ccc(OC(=O)c3cc(F)c(F)c(F)c3)cc2)c(F)c1F. The highest BCUT2D eigenvalue weighted by molar-refractivity contribution is 5.91. The van der Waals surface area contributed by atoms with Gasteiger partial charge in [0.05, 0.1) is 12.2 Å². The topological polar surface area (TPSA) is 35.5 Å². The van der Waals surface area contributed by atoms with Crippen molar-refractivity contribution in [2.75, 3.05) is 6.61 Å². The first kappa shape index (κ1) is 29.6. The Labute approximate surface area is 220 Å². The highest BCUT2D eigenvalue weighted by atomic mass is 19.2. The summed E-state index contributed by atoms with van der Waals surface area (Å²) in [4.78, 5) is 12.1. The first-order valence-electron chi connectivity index (χ1n) is 12.1. The molecule has 0 aromatic heterocycles. The molecule has 3 aromatic carbocycles. The third-order valence-electron chi connectivity index (χ3n) is 5.58. The zero-order chi connectivity index (χ0) is 28.5. The molecule has 3 rings (SSSR count). The quantitative estimate of drug-likeness (QED) is 0.0486. The average molecular weight is 552 g/mol. The minimum absolute atomic E-state index is 0.1000. The Balaban J connectivity index is 1.68. The number of unbranched alkanes of at least 4 members (excludes halogenated alkanes) is 5. The highest BCUT2D eigenvalue weighted by Gasteiger charge is 2.26. The van der Waals surface area contributed by atoms with Gasteiger partial charge in [-0.05, 0) is 42.8 Å². The second-order valence-corrected chi connectivity index (χ2v) is 8.49. The van der Waals surface area contributed by atoms with Gasteiger partial charge in [-0.2, -0.15) is 8.78 Å². The summed E-state index contributed by atoms with van der Waals surface area (Å²) in [5.74, 6) is -9.72. The third kappa shape index (κ3) is 7.53. The van der Waals surface area contributed by atoms with E-state index in [1.165, 1.54) is 24.3 Å². The summed E-state index contributed by atoms with van der Waals surface area (Å²) in [6.45, 7) is 1.96. The van der Waals surface area contributed by atoms with Crippen LogP contribution in [0, 0.1) is 52.6 Å². The Morgan fingerprint density at radius 3 is 1.87 bits per heavy atom. The van der Waals surface area contributed by atoms with Crippen molar-refractivity contribution in [3.8, 4) is 23.3 Å². The smallest absolute Gasteiger partial charge is 0.343 e. The number of carbonyl (C=O) groups is 1. The van der Waals surface area contributed by atoms with E-state index in [-0.39, 0.29) is 17.9 Å². The van der Waals surface area contributed by atoms with Gasteiger partial charge in [0.1, 0.15) is 11.3 Å². The van der Waals surface area contributed by atoms with Gasteiger partial charge in [-0.15, -0.1) is 0 Å². The lowest BCUT2D eigenvalue weighted by atomic mass is 10.1. The number of ether oxygens (including phenoxy) is 2. The van der Waals surface area contributed by atoms with E-state index >= 15 is 0 Å². The molecule has 206 valence electrons. The first-order valence-corrected chi connectivity index (χ1v) is 12.1. The number of halogens is 7. The molecule has 0 unspecified atom stereocenters. The predicted molar refractivity (Wildman–Crippen MR) is 129 cm³/mol. The molecule has 0 heterocycles. The van der Waals surface area contributed by atoms with Crippen molar-refractivity contribution in [3.05, 3.63) is 93.8 Å². The molecule has 0 radical (unpaired) electrons. The molecule has 0 aliphatic carbocycles. The summed E-state index contributed by atoms with van der Waals surface area (Å²) >= 11 is 0. The summed E-state index contributed by atoms with van der Waals surface area (Å²) in [5.41, 5.74) is -1.59. The van der Waals surface area contributed by atoms with Crippen molar-refractivity contribution in [3.63, 3.8) is 0 Å². The van der Waals surface area contributed by atoms with Gasteiger partial charge in [0, 0.05) is 5.56 Å². The van der Waals surface area contributed by atoms with Gasteiger partial charge in [0.15, 0.2) is 34.8 Å². The zero-order valence-corrected chi connectivity index (χ0v) is 20.8. The molecule has 3 aromatic rings. The summed E-state index contributed by atoms with van der Waals surface area (Å²) in [6.07, 6.45) is 5.28. The lowest BCUT2D eigenvalue weighted by Crippen LogP contribution is -2.10. The van der Waals surface area contributed by atoms with Crippen LogP contribution in [0.3, 0.4) is 0 Å². The summed E-state index contributed by atoms with van der Waals surface area (Å²) in [6, 6.07) is 5.83. The van der Waals surface area contributed by atoms with Gasteiger partial charge in [0.2, 0.25) is 11.6 Å². The number of benzene rings is 3. The largest absolute Gasteiger partial charge is 0.487 e. The molecule has 0 spiro atoms. The van der Waals surface area contributed by atoms with Gasteiger partial charge in [-0.3, -0.25) is 0 Å². The number of esters is 1. The van der Waals surface area contributed by atoms with Crippen LogP contribution in [0.25, 0.3) is 0 Å². The van der Waals surface area contributed by atoms with Gasteiger partial charge >= 0.3 is 5.97 Å². The van der Waals surface area contributed by atoms with Crippen LogP contribution >= 0.6 is 0 Å². The molecule has 3 nitrogen and oxygen atoms in total. The Morgan fingerprint density at radius 1 is 0.718 bits per heavy atom. The van der Waals surface area contributed by atoms with Crippen LogP contribution in [-0.4, -0.2) is 12.6 Å². The molecular weight excluding hydrogens is 529 g/mol. The summed E-state index contributed by atoms with van der Waals surface area (Å²) < 4.78 is 107. The van der Waals surface area contributed by atoms with Gasteiger partial charge in [-0.1, -0.05) is 50.9 Å². The maximum atomic E-state index is 14.5. The minimum atomic E-state index is -1.74. The molecule has 0 amide bonds. The molecule has 0 saturated heterocycles. The predicted octanol–water partition coefficient (Wildman–Crippen LogP) is 8.02. The van der Waals surface area contributed by atoms with E-state index in [1.54, 1.807) is 0 Å². The highest BCUT2D eigenvalue weighted by Crippen LogP contribution is 2.30. The lowest BCUT2D eigenvalue weighted by Gasteiger charge is -2.11. The molecule has 39 heavy (non-hydrogen) atoms. The van der Waals surface area contributed by atoms with Crippen LogP contribution in [0.15, 0.2) is 36.4 Å². The normalized spacial score (nSPS) is 10.7. The van der Waals surface area contributed by atoms with Crippen molar-refractivity contribution in [1.82, 2.24) is 0 Å². The molecule has 0 fully saturated rings. The summed E-state index contributed by atoms with van der Waals surface area (Å²) in [5, 5.41) is 0. The monoisotopic (exact) mass is 552 g/mol. The molecular formula is C29H23F7O3. The fraction of sp³-hybridized carbons (Fsp3) is 0.276. The van der Waals surface area contributed by atoms with Crippen molar-refractivity contribution in [2.45, 2.75) is 45.4 Å². The zero-order valence-electron chi connectivity index (χ0n) is 20.8. The Bertz CT molecular complexity index is 1340. The molecule has 0 aliphatic heterocycles. The molecule has 0 saturated carbocycles. The van der Waals surface area contributed by atoms with E-state index in [0.29, 0.717) is 18.6 Å². The van der Waals surface area contributed by atoms with Crippen molar-refractivity contribution < 1.29 is 45.0 Å². The minimum Gasteiger partial charge on any atom is -0.487 e. The van der Waals surface area contributed by atoms with Crippen LogP contribution in [0.1, 0.15) is 66.9 Å². The van der Waals surface area contributed by atoms with E-state index in [2.05, 4.69) is 12.8 Å². The molecule has 0 atom stereocenters. The molecule has 0 N–H and O–H groups in total. The maximum Gasteiger partial charge on any atom is 0.343 e. The van der Waals surface area contributed by atoms with E-state index in [9.17, 15) is 35.5 Å². The first-order chi connectivity index (χ1) is 18.6. The van der Waals surface area contributed by atoms with Gasteiger partial charge in [0.25, 0.3) is 0 Å². The lowest BCUT2D eigenvalue weighted by molar-refractivity contribution is 0.0733. The van der Waals surface area contributed by atoms with Crippen LogP contribution in [-0.2, 0) is 0 Å². The summed E-state index contributed by atoms with van der Waals surface area (Å²) in [7, 11) is 0. The van der Waals surface area contributed by atoms with Gasteiger partial charge < -0.3 is 9.47 Å². The van der Waals surface area contributed by atoms with Crippen LogP contribution in [0.5, 0.6) is 11.5 Å². The second kappa shape index (κ2) is 13.7. The van der Waals surface area contributed by atoms with E-state index < -0.39 is 63.6 Å². The van der Waals surface area contributed by atoms with Crippen LogP contribution < -0.4 is 9.47 Å². The van der Waals surface area contributed by atoms with Crippen molar-refractivity contribution >= 4 is 5.97 Å². The average Bonchev–Trinajstić information content (AvgIpc) is 2.92. The Hall–Kier alpha value is -4.00. The molecule has 0 bridgehead atoms. The Morgan fingerprint density at radius 2 is 1.28 bits per heavy atom. The van der Waals surface area contributed by atoms with E-state index in [0.717, 1.165) is 32.1 Å². The second-order valence-electron chi connectivity index (χ2n) is 8.49. The number of rotatable bonds is 10. The third-order valence-corrected chi connectivity index (χ3v) is 5.58. The van der Waals surface area contributed by atoms with E-state index in [1.807, 2.05) is 5.92 Å². The Kier molecular flexibility index (Phi) is 10.4. The standard InChI is InChI=1S/C29H23F7O3/c1-2-3-4-5-6-7-14-38-28-26(35)23(32)20(24(33)27(28)36)13-10-17-8-11-19(12-9-17)39-29(37)18-15-21(30)25(34)22(31)16-18/h8-9,11-12,15-16H,2-7,14H2,1H3. The van der Waals surface area contributed by atoms with Gasteiger partial charge in [-0.25, -0.2) is 26.7 Å². The van der Waals surface area contributed by atoms with Crippen LogP contribution in [0.2, 0.25) is 0 Å².